The number of ketones is 1. The minimum absolute atomic E-state index is 0.0204. The molecule has 0 amide bonds. The second-order valence-electron chi connectivity index (χ2n) is 5.96. The van der Waals surface area contributed by atoms with Crippen molar-refractivity contribution in [3.8, 4) is 11.5 Å². The number of hydrogen-bond donors (Lipinski definition) is 0. The summed E-state index contributed by atoms with van der Waals surface area (Å²) in [6, 6.07) is 8.99. The van der Waals surface area contributed by atoms with Crippen LogP contribution in [0.15, 0.2) is 42.7 Å². The number of hydrogen-bond acceptors (Lipinski definition) is 4. The number of methoxy groups -OCH3 is 1. The number of rotatable bonds is 6. The maximum absolute atomic E-state index is 12.8. The summed E-state index contributed by atoms with van der Waals surface area (Å²) in [5, 5.41) is 0.392. The van der Waals surface area contributed by atoms with Gasteiger partial charge in [0.15, 0.2) is 5.78 Å². The zero-order chi connectivity index (χ0) is 18.0. The van der Waals surface area contributed by atoms with Gasteiger partial charge in [0.05, 0.1) is 18.8 Å². The van der Waals surface area contributed by atoms with Gasteiger partial charge in [0.2, 0.25) is 0 Å². The van der Waals surface area contributed by atoms with Crippen molar-refractivity contribution in [1.82, 2.24) is 9.38 Å². The van der Waals surface area contributed by atoms with E-state index < -0.39 is 0 Å². The standard InChI is InChI=1S/C19H19ClN2O3/c1-12(2)25-17-9-19-21-18(20)11-22(19)10-13(17)8-15(23)14-6-4-5-7-16(14)24-3/h4-7,9-12H,8H2,1-3H3. The lowest BCUT2D eigenvalue weighted by atomic mass is 10.0. The molecule has 0 bridgehead atoms. The molecular formula is C19H19ClN2O3. The van der Waals surface area contributed by atoms with E-state index in [2.05, 4.69) is 4.98 Å². The Hall–Kier alpha value is -2.53. The monoisotopic (exact) mass is 358 g/mol. The van der Waals surface area contributed by atoms with Crippen molar-refractivity contribution in [2.45, 2.75) is 26.4 Å². The Kier molecular flexibility index (Phi) is 4.95. The van der Waals surface area contributed by atoms with E-state index in [-0.39, 0.29) is 18.3 Å². The van der Waals surface area contributed by atoms with Crippen LogP contribution in [-0.4, -0.2) is 28.4 Å². The summed E-state index contributed by atoms with van der Waals surface area (Å²) >= 11 is 5.98. The largest absolute Gasteiger partial charge is 0.496 e. The first kappa shape index (κ1) is 17.3. The number of imidazole rings is 1. The number of pyridine rings is 1. The quantitative estimate of drug-likeness (QED) is 0.619. The number of fused-ring (bicyclic) bond motifs is 1. The predicted molar refractivity (Wildman–Crippen MR) is 97.0 cm³/mol. The van der Waals surface area contributed by atoms with Crippen molar-refractivity contribution in [1.29, 1.82) is 0 Å². The highest BCUT2D eigenvalue weighted by Gasteiger charge is 2.17. The molecule has 0 spiro atoms. The number of benzene rings is 1. The van der Waals surface area contributed by atoms with Crippen molar-refractivity contribution >= 4 is 23.0 Å². The van der Waals surface area contributed by atoms with Gasteiger partial charge in [-0.15, -0.1) is 0 Å². The van der Waals surface area contributed by atoms with Crippen LogP contribution in [0.2, 0.25) is 5.15 Å². The van der Waals surface area contributed by atoms with E-state index in [1.807, 2.05) is 32.2 Å². The van der Waals surface area contributed by atoms with Crippen LogP contribution >= 0.6 is 11.6 Å². The molecule has 1 aromatic carbocycles. The summed E-state index contributed by atoms with van der Waals surface area (Å²) in [5.41, 5.74) is 1.99. The highest BCUT2D eigenvalue weighted by Crippen LogP contribution is 2.26. The molecule has 130 valence electrons. The average Bonchev–Trinajstić information content (AvgIpc) is 2.93. The molecule has 0 unspecified atom stereocenters. The summed E-state index contributed by atoms with van der Waals surface area (Å²) < 4.78 is 13.0. The number of nitrogens with zero attached hydrogens (tertiary/aromatic N) is 2. The molecule has 25 heavy (non-hydrogen) atoms. The molecule has 0 radical (unpaired) electrons. The van der Waals surface area contributed by atoms with E-state index >= 15 is 0 Å². The molecule has 2 heterocycles. The zero-order valence-electron chi connectivity index (χ0n) is 14.3. The fourth-order valence-electron chi connectivity index (χ4n) is 2.67. The minimum atomic E-state index is -0.0448. The van der Waals surface area contributed by atoms with Crippen LogP contribution in [0.3, 0.4) is 0 Å². The molecule has 3 aromatic rings. The molecule has 0 saturated carbocycles. The van der Waals surface area contributed by atoms with Crippen LogP contribution in [0, 0.1) is 0 Å². The molecule has 6 heteroatoms. The molecule has 0 fully saturated rings. The van der Waals surface area contributed by atoms with Gasteiger partial charge in [-0.05, 0) is 26.0 Å². The average molecular weight is 359 g/mol. The van der Waals surface area contributed by atoms with Gasteiger partial charge in [0, 0.05) is 30.4 Å². The number of carbonyl (C=O) groups is 1. The van der Waals surface area contributed by atoms with Gasteiger partial charge in [-0.2, -0.15) is 0 Å². The third-order valence-electron chi connectivity index (χ3n) is 3.72. The minimum Gasteiger partial charge on any atom is -0.496 e. The molecule has 0 atom stereocenters. The first-order valence-corrected chi connectivity index (χ1v) is 8.35. The zero-order valence-corrected chi connectivity index (χ0v) is 15.1. The molecule has 2 aromatic heterocycles. The van der Waals surface area contributed by atoms with Crippen molar-refractivity contribution in [3.05, 3.63) is 59.0 Å². The van der Waals surface area contributed by atoms with Crippen LogP contribution in [-0.2, 0) is 6.42 Å². The Morgan fingerprint density at radius 3 is 2.72 bits per heavy atom. The number of para-hydroxylation sites is 1. The highest BCUT2D eigenvalue weighted by molar-refractivity contribution is 6.29. The van der Waals surface area contributed by atoms with E-state index in [1.165, 1.54) is 0 Å². The molecule has 3 rings (SSSR count). The normalized spacial score (nSPS) is 11.1. The molecule has 0 aliphatic heterocycles. The van der Waals surface area contributed by atoms with Crippen LogP contribution in [0.1, 0.15) is 29.8 Å². The Balaban J connectivity index is 1.99. The number of halogens is 1. The lowest BCUT2D eigenvalue weighted by Gasteiger charge is -2.15. The molecule has 0 aliphatic rings. The van der Waals surface area contributed by atoms with Gasteiger partial charge in [-0.1, -0.05) is 23.7 Å². The SMILES string of the molecule is COc1ccccc1C(=O)Cc1cn2cc(Cl)nc2cc1OC(C)C. The molecular weight excluding hydrogens is 340 g/mol. The number of Topliss-reactive ketones (excluding diaryl/α,β-unsaturated/α-hetero) is 1. The Morgan fingerprint density at radius 2 is 2.00 bits per heavy atom. The molecule has 0 aliphatic carbocycles. The van der Waals surface area contributed by atoms with E-state index in [9.17, 15) is 4.79 Å². The third kappa shape index (κ3) is 3.77. The van der Waals surface area contributed by atoms with Gasteiger partial charge < -0.3 is 13.9 Å². The van der Waals surface area contributed by atoms with Gasteiger partial charge in [0.25, 0.3) is 0 Å². The summed E-state index contributed by atoms with van der Waals surface area (Å²) in [4.78, 5) is 17.0. The van der Waals surface area contributed by atoms with Crippen molar-refractivity contribution in [2.75, 3.05) is 7.11 Å². The van der Waals surface area contributed by atoms with Gasteiger partial charge in [-0.3, -0.25) is 4.79 Å². The topological polar surface area (TPSA) is 52.8 Å². The van der Waals surface area contributed by atoms with Gasteiger partial charge in [0.1, 0.15) is 22.3 Å². The maximum Gasteiger partial charge on any atom is 0.171 e. The Bertz CT molecular complexity index is 918. The summed E-state index contributed by atoms with van der Waals surface area (Å²) in [6.45, 7) is 3.88. The number of ether oxygens (including phenoxy) is 2. The number of aromatic nitrogens is 2. The van der Waals surface area contributed by atoms with Crippen molar-refractivity contribution in [3.63, 3.8) is 0 Å². The highest BCUT2D eigenvalue weighted by atomic mass is 35.5. The molecule has 0 N–H and O–H groups in total. The van der Waals surface area contributed by atoms with E-state index in [0.717, 1.165) is 5.56 Å². The smallest absolute Gasteiger partial charge is 0.171 e. The van der Waals surface area contributed by atoms with Crippen LogP contribution in [0.4, 0.5) is 0 Å². The van der Waals surface area contributed by atoms with Crippen molar-refractivity contribution < 1.29 is 14.3 Å². The van der Waals surface area contributed by atoms with Crippen LogP contribution in [0.25, 0.3) is 5.65 Å². The van der Waals surface area contributed by atoms with Gasteiger partial charge in [-0.25, -0.2) is 4.98 Å². The fraction of sp³-hybridized carbons (Fsp3) is 0.263. The first-order valence-electron chi connectivity index (χ1n) is 7.98. The fourth-order valence-corrected chi connectivity index (χ4v) is 2.86. The summed E-state index contributed by atoms with van der Waals surface area (Å²) in [7, 11) is 1.55. The number of carbonyl (C=O) groups excluding carboxylic acids is 1. The first-order chi connectivity index (χ1) is 12.0. The van der Waals surface area contributed by atoms with E-state index in [0.29, 0.717) is 27.9 Å². The summed E-state index contributed by atoms with van der Waals surface area (Å²) in [6.07, 6.45) is 3.70. The predicted octanol–water partition coefficient (Wildman–Crippen LogP) is 4.21. The second kappa shape index (κ2) is 7.15. The lowest BCUT2D eigenvalue weighted by Crippen LogP contribution is -2.11. The summed E-state index contributed by atoms with van der Waals surface area (Å²) in [5.74, 6) is 1.15. The van der Waals surface area contributed by atoms with Crippen molar-refractivity contribution in [2.24, 2.45) is 0 Å². The third-order valence-corrected chi connectivity index (χ3v) is 3.91. The van der Waals surface area contributed by atoms with Gasteiger partial charge >= 0.3 is 0 Å². The maximum atomic E-state index is 12.8. The molecule has 5 nitrogen and oxygen atoms in total. The van der Waals surface area contributed by atoms with Crippen LogP contribution in [0.5, 0.6) is 11.5 Å². The Labute approximate surface area is 151 Å². The second-order valence-corrected chi connectivity index (χ2v) is 6.35. The molecule has 0 saturated heterocycles. The van der Waals surface area contributed by atoms with Crippen LogP contribution < -0.4 is 9.47 Å². The lowest BCUT2D eigenvalue weighted by molar-refractivity contribution is 0.0988. The Morgan fingerprint density at radius 1 is 1.24 bits per heavy atom. The van der Waals surface area contributed by atoms with E-state index in [4.69, 9.17) is 21.1 Å². The van der Waals surface area contributed by atoms with E-state index in [1.54, 1.807) is 35.9 Å².